The molecule has 4 nitrogen and oxygen atoms in total. The maximum atomic E-state index is 12.6. The first-order chi connectivity index (χ1) is 9.99. The van der Waals surface area contributed by atoms with E-state index in [1.165, 1.54) is 0 Å². The molecule has 1 aliphatic rings. The maximum absolute atomic E-state index is 12.6. The molecule has 4 heteroatoms. The van der Waals surface area contributed by atoms with E-state index in [0.717, 1.165) is 51.9 Å². The lowest BCUT2D eigenvalue weighted by molar-refractivity contribution is -0.141. The first kappa shape index (κ1) is 18.0. The molecule has 0 spiro atoms. The summed E-state index contributed by atoms with van der Waals surface area (Å²) in [5.74, 6) is 1.07. The molecule has 1 aliphatic heterocycles. The van der Waals surface area contributed by atoms with Gasteiger partial charge in [-0.15, -0.1) is 0 Å². The van der Waals surface area contributed by atoms with Gasteiger partial charge in [0.25, 0.3) is 0 Å². The minimum atomic E-state index is 0.117. The van der Waals surface area contributed by atoms with Gasteiger partial charge < -0.3 is 9.80 Å². The van der Waals surface area contributed by atoms with Crippen molar-refractivity contribution in [1.29, 1.82) is 0 Å². The first-order valence-electron chi connectivity index (χ1n) is 8.56. The van der Waals surface area contributed by atoms with Crippen LogP contribution in [0.5, 0.6) is 0 Å². The summed E-state index contributed by atoms with van der Waals surface area (Å²) in [6, 6.07) is 0. The minimum absolute atomic E-state index is 0.117. The number of carbonyl (C=O) groups excluding carboxylic acids is 2. The maximum Gasteiger partial charge on any atom is 0.225 e. The molecule has 0 bridgehead atoms. The quantitative estimate of drug-likeness (QED) is 0.725. The van der Waals surface area contributed by atoms with E-state index in [0.29, 0.717) is 18.2 Å². The number of piperidine rings is 1. The molecule has 0 unspecified atom stereocenters. The van der Waals surface area contributed by atoms with E-state index in [4.69, 9.17) is 0 Å². The Balaban J connectivity index is 2.47. The van der Waals surface area contributed by atoms with Crippen molar-refractivity contribution < 1.29 is 9.59 Å². The zero-order chi connectivity index (χ0) is 15.8. The smallest absolute Gasteiger partial charge is 0.225 e. The molecule has 0 aromatic heterocycles. The number of rotatable bonds is 7. The Morgan fingerprint density at radius 3 is 2.05 bits per heavy atom. The normalized spacial score (nSPS) is 16.3. The van der Waals surface area contributed by atoms with Gasteiger partial charge in [-0.2, -0.15) is 0 Å². The fourth-order valence-electron chi connectivity index (χ4n) is 2.98. The van der Waals surface area contributed by atoms with Gasteiger partial charge in [0, 0.05) is 38.5 Å². The molecule has 0 radical (unpaired) electrons. The van der Waals surface area contributed by atoms with Crippen LogP contribution in [-0.4, -0.2) is 47.8 Å². The van der Waals surface area contributed by atoms with Crippen molar-refractivity contribution in [2.45, 2.75) is 59.8 Å². The Morgan fingerprint density at radius 1 is 1.10 bits per heavy atom. The summed E-state index contributed by atoms with van der Waals surface area (Å²) in [6.45, 7) is 11.6. The van der Waals surface area contributed by atoms with Gasteiger partial charge in [0.15, 0.2) is 0 Å². The van der Waals surface area contributed by atoms with Crippen LogP contribution in [0.2, 0.25) is 0 Å². The lowest BCUT2D eigenvalue weighted by atomic mass is 9.94. The second-order valence-electron chi connectivity index (χ2n) is 6.58. The molecule has 122 valence electrons. The molecule has 1 fully saturated rings. The van der Waals surface area contributed by atoms with Crippen LogP contribution >= 0.6 is 0 Å². The molecule has 1 rings (SSSR count). The van der Waals surface area contributed by atoms with E-state index in [1.54, 1.807) is 0 Å². The van der Waals surface area contributed by atoms with Gasteiger partial charge >= 0.3 is 0 Å². The highest BCUT2D eigenvalue weighted by molar-refractivity contribution is 5.80. The molecule has 1 saturated heterocycles. The monoisotopic (exact) mass is 296 g/mol. The molecular weight excluding hydrogens is 264 g/mol. The summed E-state index contributed by atoms with van der Waals surface area (Å²) in [4.78, 5) is 28.6. The van der Waals surface area contributed by atoms with E-state index in [9.17, 15) is 9.59 Å². The predicted molar refractivity (Wildman–Crippen MR) is 85.9 cm³/mol. The molecule has 1 heterocycles. The second-order valence-corrected chi connectivity index (χ2v) is 6.58. The summed E-state index contributed by atoms with van der Waals surface area (Å²) in [5, 5.41) is 0. The molecule has 0 aromatic carbocycles. The fraction of sp³-hybridized carbons (Fsp3) is 0.882. The van der Waals surface area contributed by atoms with E-state index in [-0.39, 0.29) is 11.8 Å². The van der Waals surface area contributed by atoms with Crippen molar-refractivity contribution in [3.63, 3.8) is 0 Å². The molecule has 0 aromatic rings. The van der Waals surface area contributed by atoms with Gasteiger partial charge in [0.1, 0.15) is 0 Å². The average molecular weight is 296 g/mol. The van der Waals surface area contributed by atoms with Crippen molar-refractivity contribution in [2.75, 3.05) is 26.2 Å². The van der Waals surface area contributed by atoms with Crippen LogP contribution in [0.15, 0.2) is 0 Å². The SMILES string of the molecule is CCCN(CCC)C(=O)C1CCN(C(=O)CC(C)C)CC1. The van der Waals surface area contributed by atoms with E-state index >= 15 is 0 Å². The van der Waals surface area contributed by atoms with Gasteiger partial charge in [-0.25, -0.2) is 0 Å². The molecule has 0 atom stereocenters. The first-order valence-corrected chi connectivity index (χ1v) is 8.56. The molecule has 0 saturated carbocycles. The third kappa shape index (κ3) is 5.68. The van der Waals surface area contributed by atoms with Gasteiger partial charge in [0.05, 0.1) is 0 Å². The lowest BCUT2D eigenvalue weighted by Gasteiger charge is -2.34. The lowest BCUT2D eigenvalue weighted by Crippen LogP contribution is -2.45. The van der Waals surface area contributed by atoms with Crippen LogP contribution < -0.4 is 0 Å². The minimum Gasteiger partial charge on any atom is -0.343 e. The summed E-state index contributed by atoms with van der Waals surface area (Å²) >= 11 is 0. The standard InChI is InChI=1S/C17H32N2O2/c1-5-9-19(10-6-2)17(21)15-7-11-18(12-8-15)16(20)13-14(3)4/h14-15H,5-13H2,1-4H3. The predicted octanol–water partition coefficient (Wildman–Crippen LogP) is 2.92. The van der Waals surface area contributed by atoms with E-state index in [2.05, 4.69) is 27.7 Å². The van der Waals surface area contributed by atoms with Crippen LogP contribution in [0.25, 0.3) is 0 Å². The highest BCUT2D eigenvalue weighted by Crippen LogP contribution is 2.21. The fourth-order valence-corrected chi connectivity index (χ4v) is 2.98. The molecule has 2 amide bonds. The third-order valence-corrected chi connectivity index (χ3v) is 4.08. The van der Waals surface area contributed by atoms with Crippen LogP contribution in [0.3, 0.4) is 0 Å². The van der Waals surface area contributed by atoms with Crippen molar-refractivity contribution in [2.24, 2.45) is 11.8 Å². The highest BCUT2D eigenvalue weighted by atomic mass is 16.2. The Bertz CT molecular complexity index is 328. The largest absolute Gasteiger partial charge is 0.343 e. The summed E-state index contributed by atoms with van der Waals surface area (Å²) in [7, 11) is 0. The van der Waals surface area contributed by atoms with Crippen molar-refractivity contribution in [3.05, 3.63) is 0 Å². The molecule has 0 aliphatic carbocycles. The number of amides is 2. The van der Waals surface area contributed by atoms with E-state index in [1.807, 2.05) is 9.80 Å². The van der Waals surface area contributed by atoms with Crippen LogP contribution in [-0.2, 0) is 9.59 Å². The summed E-state index contributed by atoms with van der Waals surface area (Å²) in [6.07, 6.45) is 4.30. The zero-order valence-electron chi connectivity index (χ0n) is 14.2. The van der Waals surface area contributed by atoms with Crippen molar-refractivity contribution in [3.8, 4) is 0 Å². The van der Waals surface area contributed by atoms with Gasteiger partial charge in [-0.1, -0.05) is 27.7 Å². The topological polar surface area (TPSA) is 40.6 Å². The third-order valence-electron chi connectivity index (χ3n) is 4.08. The van der Waals surface area contributed by atoms with E-state index < -0.39 is 0 Å². The van der Waals surface area contributed by atoms with Gasteiger partial charge in [-0.05, 0) is 31.6 Å². The number of carbonyl (C=O) groups is 2. The summed E-state index contributed by atoms with van der Waals surface area (Å²) in [5.41, 5.74) is 0. The number of hydrogen-bond donors (Lipinski definition) is 0. The second kappa shape index (κ2) is 9.06. The van der Waals surface area contributed by atoms with Crippen LogP contribution in [0.4, 0.5) is 0 Å². The van der Waals surface area contributed by atoms with Crippen LogP contribution in [0, 0.1) is 11.8 Å². The number of hydrogen-bond acceptors (Lipinski definition) is 2. The molecule has 21 heavy (non-hydrogen) atoms. The van der Waals surface area contributed by atoms with Crippen LogP contribution in [0.1, 0.15) is 59.8 Å². The van der Waals surface area contributed by atoms with Gasteiger partial charge in [-0.3, -0.25) is 9.59 Å². The Kier molecular flexibility index (Phi) is 7.76. The van der Waals surface area contributed by atoms with Crippen molar-refractivity contribution in [1.82, 2.24) is 9.80 Å². The molecular formula is C17H32N2O2. The highest BCUT2D eigenvalue weighted by Gasteiger charge is 2.29. The zero-order valence-corrected chi connectivity index (χ0v) is 14.2. The summed E-state index contributed by atoms with van der Waals surface area (Å²) < 4.78 is 0. The van der Waals surface area contributed by atoms with Gasteiger partial charge in [0.2, 0.25) is 11.8 Å². The Hall–Kier alpha value is -1.06. The number of nitrogens with zero attached hydrogens (tertiary/aromatic N) is 2. The average Bonchev–Trinajstić information content (AvgIpc) is 2.46. The van der Waals surface area contributed by atoms with Crippen molar-refractivity contribution >= 4 is 11.8 Å². The Labute approximate surface area is 129 Å². The Morgan fingerprint density at radius 2 is 1.62 bits per heavy atom. The number of likely N-dealkylation sites (tertiary alicyclic amines) is 1. The molecule has 0 N–H and O–H groups in total.